The molecule has 0 aliphatic carbocycles. The summed E-state index contributed by atoms with van der Waals surface area (Å²) in [6.45, 7) is 1.96. The molecule has 2 rings (SSSR count). The minimum absolute atomic E-state index is 0.490. The van der Waals surface area contributed by atoms with Crippen LogP contribution in [0.4, 0.5) is 5.69 Å². The van der Waals surface area contributed by atoms with Crippen LogP contribution in [0.3, 0.4) is 0 Å². The minimum Gasteiger partial charge on any atom is -0.493 e. The molecule has 1 heterocycles. The summed E-state index contributed by atoms with van der Waals surface area (Å²) in [4.78, 5) is 4.22. The fourth-order valence-corrected chi connectivity index (χ4v) is 2.01. The van der Waals surface area contributed by atoms with E-state index in [4.69, 9.17) is 15.2 Å². The van der Waals surface area contributed by atoms with E-state index >= 15 is 0 Å². The summed E-state index contributed by atoms with van der Waals surface area (Å²) >= 11 is 3.41. The van der Waals surface area contributed by atoms with Crippen molar-refractivity contribution in [3.8, 4) is 17.4 Å². The number of aryl methyl sites for hydroxylation is 1. The number of hydrogen-bond acceptors (Lipinski definition) is 4. The molecule has 0 saturated heterocycles. The Labute approximate surface area is 114 Å². The van der Waals surface area contributed by atoms with Crippen LogP contribution in [0, 0.1) is 6.92 Å². The molecule has 0 atom stereocenters. The summed E-state index contributed by atoms with van der Waals surface area (Å²) in [5, 5.41) is 0. The molecule has 0 radical (unpaired) electrons. The van der Waals surface area contributed by atoms with E-state index in [9.17, 15) is 0 Å². The molecule has 0 bridgehead atoms. The number of hydrogen-bond donors (Lipinski definition) is 1. The zero-order valence-electron chi connectivity index (χ0n) is 10.1. The van der Waals surface area contributed by atoms with Gasteiger partial charge in [0.25, 0.3) is 0 Å². The van der Waals surface area contributed by atoms with Crippen molar-refractivity contribution in [2.45, 2.75) is 6.92 Å². The number of methoxy groups -OCH3 is 1. The smallest absolute Gasteiger partial charge is 0.233 e. The van der Waals surface area contributed by atoms with Gasteiger partial charge in [0.2, 0.25) is 5.88 Å². The summed E-state index contributed by atoms with van der Waals surface area (Å²) in [7, 11) is 1.57. The maximum Gasteiger partial charge on any atom is 0.233 e. The molecule has 0 amide bonds. The van der Waals surface area contributed by atoms with Crippen LogP contribution in [0.2, 0.25) is 0 Å². The first-order valence-corrected chi connectivity index (χ1v) is 6.13. The molecule has 4 nitrogen and oxygen atoms in total. The summed E-state index contributed by atoms with van der Waals surface area (Å²) in [6, 6.07) is 7.14. The van der Waals surface area contributed by atoms with E-state index in [1.54, 1.807) is 31.5 Å². The van der Waals surface area contributed by atoms with Gasteiger partial charge in [-0.3, -0.25) is 0 Å². The zero-order valence-corrected chi connectivity index (χ0v) is 11.7. The minimum atomic E-state index is 0.490. The number of pyridine rings is 1. The normalized spacial score (nSPS) is 10.2. The van der Waals surface area contributed by atoms with Gasteiger partial charge in [0, 0.05) is 18.0 Å². The van der Waals surface area contributed by atoms with E-state index in [2.05, 4.69) is 20.9 Å². The number of benzene rings is 1. The summed E-state index contributed by atoms with van der Waals surface area (Å²) in [6.07, 6.45) is 1.74. The van der Waals surface area contributed by atoms with Gasteiger partial charge in [-0.1, -0.05) is 0 Å². The largest absolute Gasteiger partial charge is 0.493 e. The maximum atomic E-state index is 5.70. The molecule has 0 fully saturated rings. The van der Waals surface area contributed by atoms with Gasteiger partial charge in [-0.05, 0) is 46.6 Å². The molecule has 18 heavy (non-hydrogen) atoms. The summed E-state index contributed by atoms with van der Waals surface area (Å²) in [5.74, 6) is 1.64. The first kappa shape index (κ1) is 12.7. The topological polar surface area (TPSA) is 57.4 Å². The number of nitrogen functional groups attached to an aromatic ring is 1. The van der Waals surface area contributed by atoms with E-state index in [-0.39, 0.29) is 0 Å². The van der Waals surface area contributed by atoms with E-state index < -0.39 is 0 Å². The third kappa shape index (κ3) is 2.73. The Balaban J connectivity index is 2.33. The number of ether oxygens (including phenoxy) is 2. The highest BCUT2D eigenvalue weighted by atomic mass is 79.9. The van der Waals surface area contributed by atoms with E-state index in [1.807, 2.05) is 13.0 Å². The van der Waals surface area contributed by atoms with Crippen LogP contribution in [0.25, 0.3) is 0 Å². The zero-order chi connectivity index (χ0) is 13.1. The van der Waals surface area contributed by atoms with Gasteiger partial charge in [0.1, 0.15) is 0 Å². The molecule has 0 aliphatic rings. The molecule has 94 valence electrons. The highest BCUT2D eigenvalue weighted by molar-refractivity contribution is 9.10. The van der Waals surface area contributed by atoms with E-state index in [0.29, 0.717) is 23.1 Å². The van der Waals surface area contributed by atoms with Crippen molar-refractivity contribution in [3.63, 3.8) is 0 Å². The molecule has 0 spiro atoms. The third-order valence-electron chi connectivity index (χ3n) is 2.34. The Morgan fingerprint density at radius 1 is 1.22 bits per heavy atom. The summed E-state index contributed by atoms with van der Waals surface area (Å²) < 4.78 is 11.7. The van der Waals surface area contributed by atoms with Gasteiger partial charge in [-0.15, -0.1) is 0 Å². The number of nitrogens with two attached hydrogens (primary N) is 1. The van der Waals surface area contributed by atoms with Crippen LogP contribution in [-0.2, 0) is 0 Å². The molecule has 5 heteroatoms. The molecule has 2 aromatic rings. The summed E-state index contributed by atoms with van der Waals surface area (Å²) in [5.41, 5.74) is 7.36. The molecule has 0 aliphatic heterocycles. The van der Waals surface area contributed by atoms with Gasteiger partial charge >= 0.3 is 0 Å². The van der Waals surface area contributed by atoms with Crippen LogP contribution in [-0.4, -0.2) is 12.1 Å². The van der Waals surface area contributed by atoms with Crippen molar-refractivity contribution in [2.24, 2.45) is 0 Å². The number of halogens is 1. The van der Waals surface area contributed by atoms with Crippen molar-refractivity contribution >= 4 is 21.6 Å². The molecule has 2 N–H and O–H groups in total. The van der Waals surface area contributed by atoms with Crippen molar-refractivity contribution < 1.29 is 9.47 Å². The van der Waals surface area contributed by atoms with Crippen molar-refractivity contribution in [3.05, 3.63) is 40.5 Å². The van der Waals surface area contributed by atoms with Crippen molar-refractivity contribution in [1.82, 2.24) is 4.98 Å². The Morgan fingerprint density at radius 2 is 2.00 bits per heavy atom. The SMILES string of the molecule is COc1cc(N)ccc1Oc1ncc(C)cc1Br. The standard InChI is InChI=1S/C13H13BrN2O2/c1-8-5-10(14)13(16-7-8)18-11-4-3-9(15)6-12(11)17-2/h3-7H,15H2,1-2H3. The van der Waals surface area contributed by atoms with Gasteiger partial charge in [-0.25, -0.2) is 4.98 Å². The molecular weight excluding hydrogens is 296 g/mol. The lowest BCUT2D eigenvalue weighted by atomic mass is 10.3. The third-order valence-corrected chi connectivity index (χ3v) is 2.91. The predicted molar refractivity (Wildman–Crippen MR) is 74.2 cm³/mol. The lowest BCUT2D eigenvalue weighted by Crippen LogP contribution is -1.95. The number of aromatic nitrogens is 1. The van der Waals surface area contributed by atoms with Gasteiger partial charge in [-0.2, -0.15) is 0 Å². The second kappa shape index (κ2) is 5.27. The Kier molecular flexibility index (Phi) is 3.72. The van der Waals surface area contributed by atoms with Gasteiger partial charge < -0.3 is 15.2 Å². The van der Waals surface area contributed by atoms with Crippen molar-refractivity contribution in [1.29, 1.82) is 0 Å². The Morgan fingerprint density at radius 3 is 2.67 bits per heavy atom. The second-order valence-electron chi connectivity index (χ2n) is 3.81. The Bertz CT molecular complexity index is 573. The Hall–Kier alpha value is -1.75. The van der Waals surface area contributed by atoms with E-state index in [1.165, 1.54) is 0 Å². The number of anilines is 1. The van der Waals surface area contributed by atoms with Crippen LogP contribution >= 0.6 is 15.9 Å². The number of rotatable bonds is 3. The van der Waals surface area contributed by atoms with Crippen LogP contribution in [0.15, 0.2) is 34.9 Å². The molecular formula is C13H13BrN2O2. The highest BCUT2D eigenvalue weighted by Gasteiger charge is 2.09. The molecule has 1 aromatic carbocycles. The fraction of sp³-hybridized carbons (Fsp3) is 0.154. The quantitative estimate of drug-likeness (QED) is 0.881. The van der Waals surface area contributed by atoms with E-state index in [0.717, 1.165) is 10.0 Å². The first-order chi connectivity index (χ1) is 8.60. The van der Waals surface area contributed by atoms with Gasteiger partial charge in [0.15, 0.2) is 11.5 Å². The average Bonchev–Trinajstić information content (AvgIpc) is 2.34. The first-order valence-electron chi connectivity index (χ1n) is 5.33. The van der Waals surface area contributed by atoms with Crippen LogP contribution < -0.4 is 15.2 Å². The number of nitrogens with zero attached hydrogens (tertiary/aromatic N) is 1. The average molecular weight is 309 g/mol. The fourth-order valence-electron chi connectivity index (χ4n) is 1.47. The molecule has 0 saturated carbocycles. The molecule has 0 unspecified atom stereocenters. The van der Waals surface area contributed by atoms with Crippen molar-refractivity contribution in [2.75, 3.05) is 12.8 Å². The maximum absolute atomic E-state index is 5.70. The van der Waals surface area contributed by atoms with Crippen LogP contribution in [0.1, 0.15) is 5.56 Å². The predicted octanol–water partition coefficient (Wildman–Crippen LogP) is 3.54. The second-order valence-corrected chi connectivity index (χ2v) is 4.67. The van der Waals surface area contributed by atoms with Gasteiger partial charge in [0.05, 0.1) is 11.6 Å². The lowest BCUT2D eigenvalue weighted by molar-refractivity contribution is 0.373. The molecule has 1 aromatic heterocycles. The monoisotopic (exact) mass is 308 g/mol. The van der Waals surface area contributed by atoms with Crippen LogP contribution in [0.5, 0.6) is 17.4 Å². The highest BCUT2D eigenvalue weighted by Crippen LogP contribution is 2.35. The lowest BCUT2D eigenvalue weighted by Gasteiger charge is -2.11.